The summed E-state index contributed by atoms with van der Waals surface area (Å²) in [6.07, 6.45) is -3.62. The Kier molecular flexibility index (Phi) is 4.09. The molecule has 5 heteroatoms. The molecule has 0 saturated carbocycles. The van der Waals surface area contributed by atoms with Crippen molar-refractivity contribution in [3.05, 3.63) is 35.5 Å². The van der Waals surface area contributed by atoms with Crippen LogP contribution in [0.3, 0.4) is 0 Å². The molecule has 2 rings (SSSR count). The van der Waals surface area contributed by atoms with Gasteiger partial charge >= 0.3 is 6.18 Å². The van der Waals surface area contributed by atoms with Gasteiger partial charge in [-0.2, -0.15) is 13.2 Å². The van der Waals surface area contributed by atoms with Crippen LogP contribution in [0.4, 0.5) is 13.2 Å². The molecule has 0 saturated heterocycles. The SMILES string of the molecule is CNCCc1cc2cccc(C(F)(F)F)c2n1C(C)C. The Bertz CT molecular complexity index is 597. The lowest BCUT2D eigenvalue weighted by atomic mass is 10.1. The normalized spacial score (nSPS) is 12.6. The molecule has 0 unspecified atom stereocenters. The van der Waals surface area contributed by atoms with Crippen LogP contribution in [0.2, 0.25) is 0 Å². The molecule has 0 aliphatic carbocycles. The van der Waals surface area contributed by atoms with E-state index in [0.29, 0.717) is 17.3 Å². The quantitative estimate of drug-likeness (QED) is 0.898. The number of halogens is 3. The first kappa shape index (κ1) is 14.9. The second kappa shape index (κ2) is 5.48. The Morgan fingerprint density at radius 1 is 1.25 bits per heavy atom. The molecule has 1 aromatic heterocycles. The molecule has 110 valence electrons. The second-order valence-electron chi connectivity index (χ2n) is 5.19. The van der Waals surface area contributed by atoms with Crippen LogP contribution < -0.4 is 5.32 Å². The molecule has 20 heavy (non-hydrogen) atoms. The van der Waals surface area contributed by atoms with Gasteiger partial charge in [0.15, 0.2) is 0 Å². The molecule has 0 amide bonds. The third-order valence-electron chi connectivity index (χ3n) is 3.39. The smallest absolute Gasteiger partial charge is 0.342 e. The first-order valence-corrected chi connectivity index (χ1v) is 6.71. The van der Waals surface area contributed by atoms with Crippen molar-refractivity contribution in [2.75, 3.05) is 13.6 Å². The van der Waals surface area contributed by atoms with Crippen molar-refractivity contribution in [2.24, 2.45) is 0 Å². The summed E-state index contributed by atoms with van der Waals surface area (Å²) in [5, 5.41) is 3.69. The van der Waals surface area contributed by atoms with Gasteiger partial charge < -0.3 is 9.88 Å². The molecule has 0 radical (unpaired) electrons. The number of aromatic nitrogens is 1. The first-order chi connectivity index (χ1) is 9.36. The summed E-state index contributed by atoms with van der Waals surface area (Å²) in [5.41, 5.74) is 0.668. The maximum Gasteiger partial charge on any atom is 0.418 e. The number of hydrogen-bond acceptors (Lipinski definition) is 1. The fraction of sp³-hybridized carbons (Fsp3) is 0.467. The highest BCUT2D eigenvalue weighted by Gasteiger charge is 2.34. The van der Waals surface area contributed by atoms with Crippen molar-refractivity contribution >= 4 is 10.9 Å². The summed E-state index contributed by atoms with van der Waals surface area (Å²) in [6.45, 7) is 4.56. The Morgan fingerprint density at radius 2 is 1.95 bits per heavy atom. The lowest BCUT2D eigenvalue weighted by Gasteiger charge is -2.18. The van der Waals surface area contributed by atoms with E-state index >= 15 is 0 Å². The topological polar surface area (TPSA) is 17.0 Å². The Balaban J connectivity index is 2.70. The van der Waals surface area contributed by atoms with Gasteiger partial charge in [-0.05, 0) is 33.0 Å². The second-order valence-corrected chi connectivity index (χ2v) is 5.19. The number of benzene rings is 1. The monoisotopic (exact) mass is 284 g/mol. The molecular weight excluding hydrogens is 265 g/mol. The third-order valence-corrected chi connectivity index (χ3v) is 3.39. The van der Waals surface area contributed by atoms with E-state index in [-0.39, 0.29) is 6.04 Å². The standard InChI is InChI=1S/C15H19F3N2/c1-10(2)20-12(7-8-19-3)9-11-5-4-6-13(14(11)20)15(16,17)18/h4-6,9-10,19H,7-8H2,1-3H3. The zero-order valence-electron chi connectivity index (χ0n) is 11.9. The van der Waals surface area contributed by atoms with Crippen molar-refractivity contribution in [1.82, 2.24) is 9.88 Å². The molecule has 0 bridgehead atoms. The summed E-state index contributed by atoms with van der Waals surface area (Å²) < 4.78 is 41.4. The average Bonchev–Trinajstić information content (AvgIpc) is 2.72. The van der Waals surface area contributed by atoms with Crippen LogP contribution in [-0.2, 0) is 12.6 Å². The fourth-order valence-corrected chi connectivity index (χ4v) is 2.60. The minimum atomic E-state index is -4.33. The van der Waals surface area contributed by atoms with E-state index in [0.717, 1.165) is 18.3 Å². The van der Waals surface area contributed by atoms with E-state index in [1.165, 1.54) is 6.07 Å². The van der Waals surface area contributed by atoms with Crippen molar-refractivity contribution in [1.29, 1.82) is 0 Å². The van der Waals surface area contributed by atoms with Gasteiger partial charge in [0.1, 0.15) is 0 Å². The molecule has 1 heterocycles. The summed E-state index contributed by atoms with van der Waals surface area (Å²) in [6, 6.07) is 6.22. The Labute approximate surface area is 116 Å². The highest BCUT2D eigenvalue weighted by atomic mass is 19.4. The molecule has 0 spiro atoms. The summed E-state index contributed by atoms with van der Waals surface area (Å²) in [7, 11) is 1.84. The van der Waals surface area contributed by atoms with Crippen LogP contribution in [0.15, 0.2) is 24.3 Å². The fourth-order valence-electron chi connectivity index (χ4n) is 2.60. The number of nitrogens with one attached hydrogen (secondary N) is 1. The number of nitrogens with zero attached hydrogens (tertiary/aromatic N) is 1. The zero-order chi connectivity index (χ0) is 14.9. The van der Waals surface area contributed by atoms with Gasteiger partial charge in [0, 0.05) is 30.1 Å². The first-order valence-electron chi connectivity index (χ1n) is 6.71. The lowest BCUT2D eigenvalue weighted by Crippen LogP contribution is -2.15. The Morgan fingerprint density at radius 3 is 2.50 bits per heavy atom. The van der Waals surface area contributed by atoms with Gasteiger partial charge in [0.25, 0.3) is 0 Å². The van der Waals surface area contributed by atoms with Gasteiger partial charge in [0.2, 0.25) is 0 Å². The number of rotatable bonds is 4. The van der Waals surface area contributed by atoms with Crippen molar-refractivity contribution < 1.29 is 13.2 Å². The number of hydrogen-bond donors (Lipinski definition) is 1. The third kappa shape index (κ3) is 2.68. The van der Waals surface area contributed by atoms with Gasteiger partial charge in [-0.1, -0.05) is 12.1 Å². The van der Waals surface area contributed by atoms with Crippen LogP contribution in [0.1, 0.15) is 31.1 Å². The molecule has 1 aromatic carbocycles. The van der Waals surface area contributed by atoms with E-state index in [4.69, 9.17) is 0 Å². The van der Waals surface area contributed by atoms with E-state index < -0.39 is 11.7 Å². The highest BCUT2D eigenvalue weighted by molar-refractivity contribution is 5.85. The molecule has 2 aromatic rings. The molecule has 2 nitrogen and oxygen atoms in total. The van der Waals surface area contributed by atoms with E-state index in [1.54, 1.807) is 10.6 Å². The summed E-state index contributed by atoms with van der Waals surface area (Å²) in [5.74, 6) is 0. The number of fused-ring (bicyclic) bond motifs is 1. The lowest BCUT2D eigenvalue weighted by molar-refractivity contribution is -0.136. The maximum atomic E-state index is 13.2. The van der Waals surface area contributed by atoms with Gasteiger partial charge in [-0.25, -0.2) is 0 Å². The van der Waals surface area contributed by atoms with Crippen LogP contribution in [-0.4, -0.2) is 18.2 Å². The van der Waals surface area contributed by atoms with Crippen LogP contribution in [0.5, 0.6) is 0 Å². The molecule has 0 atom stereocenters. The largest absolute Gasteiger partial charge is 0.418 e. The minimum absolute atomic E-state index is 0.0112. The van der Waals surface area contributed by atoms with Gasteiger partial charge in [-0.3, -0.25) is 0 Å². The van der Waals surface area contributed by atoms with Crippen molar-refractivity contribution in [2.45, 2.75) is 32.5 Å². The number of likely N-dealkylation sites (N-methyl/N-ethyl adjacent to an activating group) is 1. The molecule has 0 aliphatic heterocycles. The van der Waals surface area contributed by atoms with Crippen LogP contribution >= 0.6 is 0 Å². The van der Waals surface area contributed by atoms with Crippen molar-refractivity contribution in [3.63, 3.8) is 0 Å². The van der Waals surface area contributed by atoms with Crippen LogP contribution in [0, 0.1) is 0 Å². The van der Waals surface area contributed by atoms with Gasteiger partial charge in [0.05, 0.1) is 11.1 Å². The number of para-hydroxylation sites is 1. The highest BCUT2D eigenvalue weighted by Crippen LogP contribution is 2.37. The minimum Gasteiger partial charge on any atom is -0.342 e. The van der Waals surface area contributed by atoms with Crippen molar-refractivity contribution in [3.8, 4) is 0 Å². The van der Waals surface area contributed by atoms with E-state index in [9.17, 15) is 13.2 Å². The predicted octanol–water partition coefficient (Wildman–Crippen LogP) is 4.00. The van der Waals surface area contributed by atoms with E-state index in [2.05, 4.69) is 5.32 Å². The average molecular weight is 284 g/mol. The summed E-state index contributed by atoms with van der Waals surface area (Å²) in [4.78, 5) is 0. The molecule has 0 aliphatic rings. The predicted molar refractivity (Wildman–Crippen MR) is 75.0 cm³/mol. The molecule has 1 N–H and O–H groups in total. The Hall–Kier alpha value is -1.49. The van der Waals surface area contributed by atoms with E-state index in [1.807, 2.05) is 27.0 Å². The van der Waals surface area contributed by atoms with Crippen LogP contribution in [0.25, 0.3) is 10.9 Å². The number of alkyl halides is 3. The molecular formula is C15H19F3N2. The molecule has 0 fully saturated rings. The maximum absolute atomic E-state index is 13.2. The van der Waals surface area contributed by atoms with Gasteiger partial charge in [-0.15, -0.1) is 0 Å². The zero-order valence-corrected chi connectivity index (χ0v) is 11.9. The summed E-state index contributed by atoms with van der Waals surface area (Å²) >= 11 is 0.